The number of piperidine rings is 1. The van der Waals surface area contributed by atoms with E-state index in [0.717, 1.165) is 0 Å². The van der Waals surface area contributed by atoms with E-state index in [0.29, 0.717) is 19.4 Å². The van der Waals surface area contributed by atoms with Crippen molar-refractivity contribution in [1.82, 2.24) is 15.2 Å². The second-order valence-corrected chi connectivity index (χ2v) is 4.84. The summed E-state index contributed by atoms with van der Waals surface area (Å²) in [6.07, 6.45) is 0.992. The van der Waals surface area contributed by atoms with Gasteiger partial charge in [0.05, 0.1) is 6.04 Å². The van der Waals surface area contributed by atoms with Gasteiger partial charge in [0.1, 0.15) is 0 Å². The predicted molar refractivity (Wildman–Crippen MR) is 67.9 cm³/mol. The van der Waals surface area contributed by atoms with Crippen LogP contribution in [0.15, 0.2) is 6.07 Å². The highest BCUT2D eigenvalue weighted by atomic mass is 16.2. The summed E-state index contributed by atoms with van der Waals surface area (Å²) in [6, 6.07) is 1.86. The van der Waals surface area contributed by atoms with Crippen molar-refractivity contribution < 1.29 is 9.59 Å². The fourth-order valence-electron chi connectivity index (χ4n) is 2.23. The normalized spacial score (nSPS) is 20.1. The minimum Gasteiger partial charge on any atom is -0.352 e. The van der Waals surface area contributed by atoms with Gasteiger partial charge in [-0.3, -0.25) is 14.9 Å². The zero-order chi connectivity index (χ0) is 13.3. The van der Waals surface area contributed by atoms with Crippen molar-refractivity contribution in [2.45, 2.75) is 39.3 Å². The number of aryl methyl sites for hydroxylation is 1. The van der Waals surface area contributed by atoms with Gasteiger partial charge in [-0.1, -0.05) is 0 Å². The second kappa shape index (κ2) is 4.94. The number of nitrogens with one attached hydrogen (secondary N) is 2. The van der Waals surface area contributed by atoms with Crippen molar-refractivity contribution in [1.29, 1.82) is 0 Å². The molecule has 0 saturated carbocycles. The molecule has 5 nitrogen and oxygen atoms in total. The number of rotatable bonds is 3. The second-order valence-electron chi connectivity index (χ2n) is 4.84. The fraction of sp³-hybridized carbons (Fsp3) is 0.538. The van der Waals surface area contributed by atoms with Crippen molar-refractivity contribution in [2.75, 3.05) is 0 Å². The SMILES string of the molecule is Cc1cc(CNC2CCC(=O)NC2=O)c(C)n1C. The highest BCUT2D eigenvalue weighted by Crippen LogP contribution is 2.14. The first-order valence-corrected chi connectivity index (χ1v) is 6.18. The lowest BCUT2D eigenvalue weighted by atomic mass is 10.1. The van der Waals surface area contributed by atoms with Crippen molar-refractivity contribution >= 4 is 11.8 Å². The molecule has 98 valence electrons. The smallest absolute Gasteiger partial charge is 0.243 e. The Balaban J connectivity index is 1.97. The van der Waals surface area contributed by atoms with Gasteiger partial charge in [0.25, 0.3) is 0 Å². The Kier molecular flexibility index (Phi) is 3.52. The van der Waals surface area contributed by atoms with E-state index in [9.17, 15) is 9.59 Å². The Hall–Kier alpha value is -1.62. The van der Waals surface area contributed by atoms with Crippen LogP contribution in [-0.4, -0.2) is 22.4 Å². The van der Waals surface area contributed by atoms with Crippen LogP contribution in [0.5, 0.6) is 0 Å². The molecule has 1 aliphatic rings. The van der Waals surface area contributed by atoms with E-state index >= 15 is 0 Å². The molecule has 2 rings (SSSR count). The maximum absolute atomic E-state index is 11.6. The van der Waals surface area contributed by atoms with E-state index in [1.807, 2.05) is 7.05 Å². The third-order valence-corrected chi connectivity index (χ3v) is 3.66. The summed E-state index contributed by atoms with van der Waals surface area (Å²) in [7, 11) is 2.03. The number of imide groups is 1. The lowest BCUT2D eigenvalue weighted by Crippen LogP contribution is -2.50. The number of aromatic nitrogens is 1. The molecule has 0 radical (unpaired) electrons. The largest absolute Gasteiger partial charge is 0.352 e. The van der Waals surface area contributed by atoms with Gasteiger partial charge in [0.15, 0.2) is 0 Å². The van der Waals surface area contributed by atoms with E-state index in [1.54, 1.807) is 0 Å². The minimum absolute atomic E-state index is 0.176. The minimum atomic E-state index is -0.261. The first-order valence-electron chi connectivity index (χ1n) is 6.18. The van der Waals surface area contributed by atoms with E-state index in [1.165, 1.54) is 17.0 Å². The first-order chi connectivity index (χ1) is 8.49. The molecule has 1 fully saturated rings. The maximum Gasteiger partial charge on any atom is 0.243 e. The Bertz CT molecular complexity index is 491. The monoisotopic (exact) mass is 249 g/mol. The van der Waals surface area contributed by atoms with E-state index in [4.69, 9.17) is 0 Å². The third kappa shape index (κ3) is 2.46. The number of carbonyl (C=O) groups excluding carboxylic acids is 2. The van der Waals surface area contributed by atoms with Crippen LogP contribution < -0.4 is 10.6 Å². The predicted octanol–water partition coefficient (Wildman–Crippen LogP) is 0.537. The summed E-state index contributed by atoms with van der Waals surface area (Å²) in [5.74, 6) is -0.388. The van der Waals surface area contributed by atoms with Crippen molar-refractivity contribution in [3.8, 4) is 0 Å². The van der Waals surface area contributed by atoms with Crippen LogP contribution in [0.25, 0.3) is 0 Å². The molecular weight excluding hydrogens is 230 g/mol. The van der Waals surface area contributed by atoms with Crippen LogP contribution in [0, 0.1) is 13.8 Å². The van der Waals surface area contributed by atoms with Gasteiger partial charge >= 0.3 is 0 Å². The number of carbonyl (C=O) groups is 2. The van der Waals surface area contributed by atoms with Crippen molar-refractivity contribution in [3.63, 3.8) is 0 Å². The number of nitrogens with zero attached hydrogens (tertiary/aromatic N) is 1. The highest BCUT2D eigenvalue weighted by Gasteiger charge is 2.26. The number of hydrogen-bond acceptors (Lipinski definition) is 3. The molecule has 0 aliphatic carbocycles. The quantitative estimate of drug-likeness (QED) is 0.768. The molecule has 0 aromatic carbocycles. The third-order valence-electron chi connectivity index (χ3n) is 3.66. The van der Waals surface area contributed by atoms with Crippen LogP contribution >= 0.6 is 0 Å². The average Bonchev–Trinajstić information content (AvgIpc) is 2.56. The summed E-state index contributed by atoms with van der Waals surface area (Å²) in [6.45, 7) is 4.77. The molecule has 1 aromatic heterocycles. The molecule has 18 heavy (non-hydrogen) atoms. The Morgan fingerprint density at radius 1 is 1.44 bits per heavy atom. The fourth-order valence-corrected chi connectivity index (χ4v) is 2.23. The number of amides is 2. The van der Waals surface area contributed by atoms with Crippen molar-refractivity contribution in [3.05, 3.63) is 23.0 Å². The molecule has 2 heterocycles. The molecular formula is C13H19N3O2. The van der Waals surface area contributed by atoms with Gasteiger partial charge < -0.3 is 9.88 Å². The first kappa shape index (κ1) is 12.8. The molecule has 1 aromatic rings. The Morgan fingerprint density at radius 3 is 2.72 bits per heavy atom. The van der Waals surface area contributed by atoms with Gasteiger partial charge in [-0.2, -0.15) is 0 Å². The lowest BCUT2D eigenvalue weighted by molar-refractivity contribution is -0.134. The van der Waals surface area contributed by atoms with E-state index in [2.05, 4.69) is 35.1 Å². The zero-order valence-corrected chi connectivity index (χ0v) is 11.0. The number of hydrogen-bond donors (Lipinski definition) is 2. The summed E-state index contributed by atoms with van der Waals surface area (Å²) in [4.78, 5) is 22.6. The molecule has 1 unspecified atom stereocenters. The summed E-state index contributed by atoms with van der Waals surface area (Å²) < 4.78 is 2.13. The summed E-state index contributed by atoms with van der Waals surface area (Å²) >= 11 is 0. The van der Waals surface area contributed by atoms with Crippen molar-refractivity contribution in [2.24, 2.45) is 7.05 Å². The Labute approximate surface area is 107 Å². The van der Waals surface area contributed by atoms with Gasteiger partial charge in [-0.05, 0) is 31.9 Å². The van der Waals surface area contributed by atoms with Crippen LogP contribution in [0.1, 0.15) is 29.8 Å². The van der Waals surface area contributed by atoms with E-state index in [-0.39, 0.29) is 17.9 Å². The van der Waals surface area contributed by atoms with Crippen LogP contribution in [0.4, 0.5) is 0 Å². The van der Waals surface area contributed by atoms with Gasteiger partial charge in [0, 0.05) is 31.4 Å². The molecule has 1 aliphatic heterocycles. The summed E-state index contributed by atoms with van der Waals surface area (Å²) in [5.41, 5.74) is 3.60. The summed E-state index contributed by atoms with van der Waals surface area (Å²) in [5, 5.41) is 5.56. The Morgan fingerprint density at radius 2 is 2.17 bits per heavy atom. The molecule has 1 atom stereocenters. The van der Waals surface area contributed by atoms with Gasteiger partial charge in [0.2, 0.25) is 11.8 Å². The molecule has 1 saturated heterocycles. The van der Waals surface area contributed by atoms with Crippen LogP contribution in [0.2, 0.25) is 0 Å². The lowest BCUT2D eigenvalue weighted by Gasteiger charge is -2.21. The molecule has 5 heteroatoms. The average molecular weight is 249 g/mol. The zero-order valence-electron chi connectivity index (χ0n) is 11.0. The molecule has 0 bridgehead atoms. The molecule has 2 N–H and O–H groups in total. The van der Waals surface area contributed by atoms with E-state index < -0.39 is 0 Å². The van der Waals surface area contributed by atoms with Gasteiger partial charge in [-0.15, -0.1) is 0 Å². The topological polar surface area (TPSA) is 63.1 Å². The molecule has 2 amide bonds. The molecule has 0 spiro atoms. The standard InChI is InChI=1S/C13H19N3O2/c1-8-6-10(9(2)16(8)3)7-14-11-4-5-12(17)15-13(11)18/h6,11,14H,4-5,7H2,1-3H3,(H,15,17,18). The van der Waals surface area contributed by atoms with Crippen LogP contribution in [-0.2, 0) is 23.2 Å². The van der Waals surface area contributed by atoms with Gasteiger partial charge in [-0.25, -0.2) is 0 Å². The highest BCUT2D eigenvalue weighted by molar-refractivity contribution is 6.00. The maximum atomic E-state index is 11.6. The van der Waals surface area contributed by atoms with Crippen LogP contribution in [0.3, 0.4) is 0 Å².